The minimum atomic E-state index is -0.744. The van der Waals surface area contributed by atoms with E-state index in [4.69, 9.17) is 5.73 Å². The Kier molecular flexibility index (Phi) is 4.36. The number of nitro groups is 1. The Morgan fingerprint density at radius 1 is 1.27 bits per heavy atom. The summed E-state index contributed by atoms with van der Waals surface area (Å²) in [6.45, 7) is 0.259. The van der Waals surface area contributed by atoms with Gasteiger partial charge in [0.25, 0.3) is 0 Å². The average molecular weight is 353 g/mol. The number of nitrogens with zero attached hydrogens (tertiary/aromatic N) is 4. The summed E-state index contributed by atoms with van der Waals surface area (Å²) in [5, 5.41) is 11.4. The Morgan fingerprint density at radius 2 is 1.96 bits per heavy atom. The molecule has 1 aromatic carbocycles. The lowest BCUT2D eigenvalue weighted by atomic mass is 10.1. The molecule has 26 heavy (non-hydrogen) atoms. The van der Waals surface area contributed by atoms with Gasteiger partial charge in [-0.2, -0.15) is 0 Å². The molecule has 0 aliphatic rings. The van der Waals surface area contributed by atoms with Crippen LogP contribution in [-0.4, -0.2) is 27.3 Å². The van der Waals surface area contributed by atoms with Crippen LogP contribution in [0.2, 0.25) is 0 Å². The van der Waals surface area contributed by atoms with E-state index in [2.05, 4.69) is 4.98 Å². The summed E-state index contributed by atoms with van der Waals surface area (Å²) < 4.78 is 1.14. The molecule has 2 aromatic heterocycles. The zero-order valence-corrected chi connectivity index (χ0v) is 13.8. The van der Waals surface area contributed by atoms with Crippen molar-refractivity contribution in [2.24, 2.45) is 5.73 Å². The van der Waals surface area contributed by atoms with E-state index < -0.39 is 22.1 Å². The molecule has 132 valence electrons. The van der Waals surface area contributed by atoms with E-state index in [-0.39, 0.29) is 12.4 Å². The van der Waals surface area contributed by atoms with Crippen molar-refractivity contribution in [2.45, 2.75) is 6.54 Å². The van der Waals surface area contributed by atoms with E-state index >= 15 is 0 Å². The lowest BCUT2D eigenvalue weighted by molar-refractivity contribution is -0.385. The number of amides is 1. The van der Waals surface area contributed by atoms with E-state index in [1.54, 1.807) is 49.5 Å². The van der Waals surface area contributed by atoms with Crippen molar-refractivity contribution >= 4 is 23.1 Å². The van der Waals surface area contributed by atoms with Crippen LogP contribution in [0.5, 0.6) is 0 Å². The molecule has 0 spiro atoms. The summed E-state index contributed by atoms with van der Waals surface area (Å²) in [6.07, 6.45) is 1.43. The number of aromatic nitrogens is 2. The van der Waals surface area contributed by atoms with Crippen LogP contribution in [0, 0.1) is 10.1 Å². The van der Waals surface area contributed by atoms with Gasteiger partial charge in [-0.15, -0.1) is 0 Å². The number of benzene rings is 1. The molecule has 9 heteroatoms. The number of pyridine rings is 1. The standard InChI is InChI=1S/C17H15N5O4/c1-20(10-11-5-7-12(8-6-11)15(18)23)16-14(22(25)26)17(24)21-9-3-2-4-13(21)19-16/h2-9H,10H2,1H3,(H2,18,23). The van der Waals surface area contributed by atoms with Gasteiger partial charge in [-0.1, -0.05) is 18.2 Å². The van der Waals surface area contributed by atoms with Crippen LogP contribution in [-0.2, 0) is 6.54 Å². The maximum absolute atomic E-state index is 12.5. The minimum Gasteiger partial charge on any atom is -0.366 e. The molecule has 0 atom stereocenters. The molecule has 2 heterocycles. The second-order valence-corrected chi connectivity index (χ2v) is 5.69. The lowest BCUT2D eigenvalue weighted by Gasteiger charge is -2.18. The molecular weight excluding hydrogens is 338 g/mol. The molecule has 9 nitrogen and oxygen atoms in total. The van der Waals surface area contributed by atoms with E-state index in [1.807, 2.05) is 0 Å². The predicted octanol–water partition coefficient (Wildman–Crippen LogP) is 1.34. The zero-order valence-electron chi connectivity index (χ0n) is 13.8. The highest BCUT2D eigenvalue weighted by Crippen LogP contribution is 2.23. The first-order valence-electron chi connectivity index (χ1n) is 7.64. The van der Waals surface area contributed by atoms with Gasteiger partial charge in [-0.05, 0) is 29.8 Å². The number of fused-ring (bicyclic) bond motifs is 1. The summed E-state index contributed by atoms with van der Waals surface area (Å²) in [6, 6.07) is 11.4. The number of hydrogen-bond acceptors (Lipinski definition) is 6. The van der Waals surface area contributed by atoms with Crippen molar-refractivity contribution in [2.75, 3.05) is 11.9 Å². The highest BCUT2D eigenvalue weighted by molar-refractivity contribution is 5.92. The van der Waals surface area contributed by atoms with Gasteiger partial charge in [0.05, 0.1) is 4.92 Å². The largest absolute Gasteiger partial charge is 0.376 e. The van der Waals surface area contributed by atoms with Crippen molar-refractivity contribution in [1.82, 2.24) is 9.38 Å². The third-order valence-electron chi connectivity index (χ3n) is 3.89. The van der Waals surface area contributed by atoms with Crippen molar-refractivity contribution in [1.29, 1.82) is 0 Å². The topological polar surface area (TPSA) is 124 Å². The Balaban J connectivity index is 2.03. The first kappa shape index (κ1) is 17.1. The van der Waals surface area contributed by atoms with Crippen molar-refractivity contribution < 1.29 is 9.72 Å². The number of carbonyl (C=O) groups is 1. The van der Waals surface area contributed by atoms with Crippen LogP contribution in [0.15, 0.2) is 53.5 Å². The molecule has 0 fully saturated rings. The fourth-order valence-corrected chi connectivity index (χ4v) is 2.62. The van der Waals surface area contributed by atoms with Gasteiger partial charge in [0, 0.05) is 25.4 Å². The highest BCUT2D eigenvalue weighted by atomic mass is 16.6. The van der Waals surface area contributed by atoms with Crippen LogP contribution < -0.4 is 16.2 Å². The second kappa shape index (κ2) is 6.63. The Hall–Kier alpha value is -3.75. The number of nitrogens with two attached hydrogens (primary N) is 1. The van der Waals surface area contributed by atoms with Gasteiger partial charge in [-0.25, -0.2) is 4.98 Å². The molecule has 0 bridgehead atoms. The third-order valence-corrected chi connectivity index (χ3v) is 3.89. The van der Waals surface area contributed by atoms with Crippen molar-refractivity contribution in [3.05, 3.63) is 80.3 Å². The SMILES string of the molecule is CN(Cc1ccc(C(N)=O)cc1)c1nc2ccccn2c(=O)c1[N+](=O)[O-]. The van der Waals surface area contributed by atoms with Crippen molar-refractivity contribution in [3.63, 3.8) is 0 Å². The van der Waals surface area contributed by atoms with Crippen LogP contribution in [0.4, 0.5) is 11.5 Å². The van der Waals surface area contributed by atoms with E-state index in [9.17, 15) is 19.7 Å². The summed E-state index contributed by atoms with van der Waals surface area (Å²) in [4.78, 5) is 40.1. The van der Waals surface area contributed by atoms with Crippen LogP contribution in [0.3, 0.4) is 0 Å². The Morgan fingerprint density at radius 3 is 2.58 bits per heavy atom. The monoisotopic (exact) mass is 353 g/mol. The molecule has 3 aromatic rings. The van der Waals surface area contributed by atoms with Gasteiger partial charge in [0.15, 0.2) is 0 Å². The zero-order chi connectivity index (χ0) is 18.8. The first-order valence-corrected chi connectivity index (χ1v) is 7.64. The van der Waals surface area contributed by atoms with Crippen LogP contribution in [0.25, 0.3) is 5.65 Å². The number of anilines is 1. The first-order chi connectivity index (χ1) is 12.4. The molecule has 0 aliphatic carbocycles. The van der Waals surface area contributed by atoms with Crippen molar-refractivity contribution in [3.8, 4) is 0 Å². The number of hydrogen-bond donors (Lipinski definition) is 1. The fourth-order valence-electron chi connectivity index (χ4n) is 2.62. The third kappa shape index (κ3) is 3.09. The molecule has 0 saturated heterocycles. The van der Waals surface area contributed by atoms with Crippen LogP contribution in [0.1, 0.15) is 15.9 Å². The molecule has 3 rings (SSSR count). The predicted molar refractivity (Wildman–Crippen MR) is 95.2 cm³/mol. The van der Waals surface area contributed by atoms with Gasteiger partial charge in [-0.3, -0.25) is 24.1 Å². The minimum absolute atomic E-state index is 0.0230. The maximum Gasteiger partial charge on any atom is 0.376 e. The molecule has 0 saturated carbocycles. The molecule has 0 unspecified atom stereocenters. The summed E-state index contributed by atoms with van der Waals surface area (Å²) >= 11 is 0. The fraction of sp³-hybridized carbons (Fsp3) is 0.118. The number of carbonyl (C=O) groups excluding carboxylic acids is 1. The summed E-state index contributed by atoms with van der Waals surface area (Å²) in [5.41, 5.74) is 5.33. The van der Waals surface area contributed by atoms with Gasteiger partial charge < -0.3 is 10.6 Å². The molecule has 0 radical (unpaired) electrons. The molecule has 2 N–H and O–H groups in total. The summed E-state index contributed by atoms with van der Waals surface area (Å²) in [7, 11) is 1.61. The summed E-state index contributed by atoms with van der Waals surface area (Å²) in [5.74, 6) is -0.560. The average Bonchev–Trinajstić information content (AvgIpc) is 2.61. The number of primary amides is 1. The van der Waals surface area contributed by atoms with E-state index in [1.165, 1.54) is 11.1 Å². The lowest BCUT2D eigenvalue weighted by Crippen LogP contribution is -2.26. The Labute approximate surface area is 147 Å². The number of rotatable bonds is 5. The second-order valence-electron chi connectivity index (χ2n) is 5.69. The molecule has 0 aliphatic heterocycles. The highest BCUT2D eigenvalue weighted by Gasteiger charge is 2.26. The quantitative estimate of drug-likeness (QED) is 0.545. The van der Waals surface area contributed by atoms with E-state index in [0.29, 0.717) is 11.2 Å². The smallest absolute Gasteiger partial charge is 0.366 e. The Bertz CT molecular complexity index is 1060. The van der Waals surface area contributed by atoms with E-state index in [0.717, 1.165) is 9.96 Å². The maximum atomic E-state index is 12.5. The van der Waals surface area contributed by atoms with Crippen LogP contribution >= 0.6 is 0 Å². The molecule has 1 amide bonds. The van der Waals surface area contributed by atoms with Gasteiger partial charge in [0.2, 0.25) is 11.7 Å². The van der Waals surface area contributed by atoms with Gasteiger partial charge in [0.1, 0.15) is 5.65 Å². The van der Waals surface area contributed by atoms with Gasteiger partial charge >= 0.3 is 11.2 Å². The normalized spacial score (nSPS) is 10.7. The molecular formula is C17H15N5O4.